The highest BCUT2D eigenvalue weighted by Gasteiger charge is 2.19. The van der Waals surface area contributed by atoms with Gasteiger partial charge in [0.05, 0.1) is 10.5 Å². The van der Waals surface area contributed by atoms with Gasteiger partial charge in [-0.05, 0) is 42.9 Å². The summed E-state index contributed by atoms with van der Waals surface area (Å²) in [5.41, 5.74) is 4.57. The summed E-state index contributed by atoms with van der Waals surface area (Å²) in [6.07, 6.45) is 8.52. The number of nitrogens with one attached hydrogen (secondary N) is 1. The summed E-state index contributed by atoms with van der Waals surface area (Å²) in [6.45, 7) is 0.235. The zero-order chi connectivity index (χ0) is 22.0. The van der Waals surface area contributed by atoms with Crippen molar-refractivity contribution in [2.45, 2.75) is 32.2 Å². The molecule has 1 N–H and O–H groups in total. The van der Waals surface area contributed by atoms with Crippen molar-refractivity contribution < 1.29 is 9.72 Å². The van der Waals surface area contributed by atoms with Crippen molar-refractivity contribution in [3.05, 3.63) is 91.6 Å². The van der Waals surface area contributed by atoms with Crippen LogP contribution in [0.25, 0.3) is 11.1 Å². The van der Waals surface area contributed by atoms with E-state index in [9.17, 15) is 19.7 Å². The van der Waals surface area contributed by atoms with Crippen LogP contribution in [0.3, 0.4) is 0 Å². The van der Waals surface area contributed by atoms with E-state index in [-0.39, 0.29) is 23.7 Å². The van der Waals surface area contributed by atoms with Gasteiger partial charge in [-0.15, -0.1) is 0 Å². The second-order valence-corrected chi connectivity index (χ2v) is 7.75. The van der Waals surface area contributed by atoms with E-state index in [0.29, 0.717) is 11.1 Å². The van der Waals surface area contributed by atoms with Crippen LogP contribution in [-0.4, -0.2) is 32.7 Å². The van der Waals surface area contributed by atoms with Crippen LogP contribution in [0.1, 0.15) is 39.9 Å². The summed E-state index contributed by atoms with van der Waals surface area (Å²) in [5, 5.41) is 11.0. The van der Waals surface area contributed by atoms with Crippen molar-refractivity contribution in [3.8, 4) is 11.1 Å². The Kier molecular flexibility index (Phi) is 5.62. The lowest BCUT2D eigenvalue weighted by atomic mass is 9.88. The molecule has 158 valence electrons. The summed E-state index contributed by atoms with van der Waals surface area (Å²) in [7, 11) is 1.65. The molecule has 2 heterocycles. The highest BCUT2D eigenvalue weighted by molar-refractivity contribution is 5.95. The second kappa shape index (κ2) is 8.51. The first-order valence-corrected chi connectivity index (χ1v) is 10.1. The van der Waals surface area contributed by atoms with Gasteiger partial charge in [-0.2, -0.15) is 0 Å². The molecule has 0 unspecified atom stereocenters. The SMILES string of the molecule is CN(Cc1cccc([N+](=O)[O-])c1)C(=O)c1cncc(-c2c[nH]c(=O)c3c2CCCC3)c1. The molecule has 0 aliphatic heterocycles. The maximum Gasteiger partial charge on any atom is 0.269 e. The molecule has 3 aromatic rings. The number of amides is 1. The number of fused-ring (bicyclic) bond motifs is 1. The molecule has 0 saturated heterocycles. The first-order chi connectivity index (χ1) is 14.9. The predicted octanol–water partition coefficient (Wildman–Crippen LogP) is 3.50. The average Bonchev–Trinajstić information content (AvgIpc) is 2.79. The van der Waals surface area contributed by atoms with E-state index >= 15 is 0 Å². The van der Waals surface area contributed by atoms with E-state index in [4.69, 9.17) is 0 Å². The fourth-order valence-electron chi connectivity index (χ4n) is 4.06. The van der Waals surface area contributed by atoms with Gasteiger partial charge >= 0.3 is 0 Å². The molecule has 1 amide bonds. The van der Waals surface area contributed by atoms with Gasteiger partial charge in [0.15, 0.2) is 0 Å². The Labute approximate surface area is 178 Å². The third-order valence-electron chi connectivity index (χ3n) is 5.60. The lowest BCUT2D eigenvalue weighted by Crippen LogP contribution is -2.26. The number of hydrogen-bond donors (Lipinski definition) is 1. The van der Waals surface area contributed by atoms with Crippen LogP contribution >= 0.6 is 0 Å². The molecular formula is C23H22N4O4. The number of carbonyl (C=O) groups excluding carboxylic acids is 1. The fraction of sp³-hybridized carbons (Fsp3) is 0.261. The van der Waals surface area contributed by atoms with Crippen LogP contribution in [0.2, 0.25) is 0 Å². The molecule has 4 rings (SSSR count). The molecule has 1 aliphatic carbocycles. The molecule has 31 heavy (non-hydrogen) atoms. The molecule has 0 fully saturated rings. The summed E-state index contributed by atoms with van der Waals surface area (Å²) in [5.74, 6) is -0.237. The van der Waals surface area contributed by atoms with Gasteiger partial charge in [-0.25, -0.2) is 0 Å². The third-order valence-corrected chi connectivity index (χ3v) is 5.60. The number of rotatable bonds is 5. The molecule has 2 aromatic heterocycles. The number of aromatic amines is 1. The quantitative estimate of drug-likeness (QED) is 0.504. The Hall–Kier alpha value is -3.81. The van der Waals surface area contributed by atoms with E-state index in [2.05, 4.69) is 9.97 Å². The Bertz CT molecular complexity index is 1220. The topological polar surface area (TPSA) is 109 Å². The number of nitro benzene ring substituents is 1. The molecule has 0 atom stereocenters. The summed E-state index contributed by atoms with van der Waals surface area (Å²) < 4.78 is 0. The normalized spacial score (nSPS) is 12.8. The zero-order valence-corrected chi connectivity index (χ0v) is 17.1. The molecular weight excluding hydrogens is 396 g/mol. The standard InChI is InChI=1S/C23H22N4O4/c1-26(14-15-5-4-6-18(9-15)27(30)31)23(29)17-10-16(11-24-12-17)21-13-25-22(28)20-8-3-2-7-19(20)21/h4-6,9-13H,2-3,7-8,14H2,1H3,(H,25,28). The number of benzene rings is 1. The van der Waals surface area contributed by atoms with E-state index in [0.717, 1.165) is 47.9 Å². The number of aromatic nitrogens is 2. The number of carbonyl (C=O) groups is 1. The minimum absolute atomic E-state index is 0.00939. The first kappa shape index (κ1) is 20.5. The lowest BCUT2D eigenvalue weighted by molar-refractivity contribution is -0.384. The highest BCUT2D eigenvalue weighted by atomic mass is 16.6. The smallest absolute Gasteiger partial charge is 0.269 e. The second-order valence-electron chi connectivity index (χ2n) is 7.75. The Morgan fingerprint density at radius 2 is 1.97 bits per heavy atom. The summed E-state index contributed by atoms with van der Waals surface area (Å²) >= 11 is 0. The van der Waals surface area contributed by atoms with Crippen molar-refractivity contribution >= 4 is 11.6 Å². The Balaban J connectivity index is 1.60. The first-order valence-electron chi connectivity index (χ1n) is 10.1. The predicted molar refractivity (Wildman–Crippen MR) is 116 cm³/mol. The van der Waals surface area contributed by atoms with Crippen LogP contribution in [0, 0.1) is 10.1 Å². The van der Waals surface area contributed by atoms with Gasteiger partial charge in [0, 0.05) is 61.0 Å². The van der Waals surface area contributed by atoms with Crippen LogP contribution in [0.5, 0.6) is 0 Å². The molecule has 8 nitrogen and oxygen atoms in total. The van der Waals surface area contributed by atoms with Gasteiger partial charge in [-0.3, -0.25) is 24.7 Å². The van der Waals surface area contributed by atoms with E-state index < -0.39 is 4.92 Å². The fourth-order valence-corrected chi connectivity index (χ4v) is 4.06. The number of non-ortho nitro benzene ring substituents is 1. The van der Waals surface area contributed by atoms with Crippen LogP contribution in [-0.2, 0) is 19.4 Å². The average molecular weight is 418 g/mol. The number of pyridine rings is 2. The highest BCUT2D eigenvalue weighted by Crippen LogP contribution is 2.29. The third kappa shape index (κ3) is 4.23. The van der Waals surface area contributed by atoms with Crippen LogP contribution in [0.15, 0.2) is 53.7 Å². The summed E-state index contributed by atoms with van der Waals surface area (Å²) in [6, 6.07) is 8.02. The minimum atomic E-state index is -0.455. The van der Waals surface area contributed by atoms with E-state index in [1.54, 1.807) is 37.6 Å². The van der Waals surface area contributed by atoms with Crippen LogP contribution < -0.4 is 5.56 Å². The minimum Gasteiger partial charge on any atom is -0.337 e. The monoisotopic (exact) mass is 418 g/mol. The maximum absolute atomic E-state index is 13.0. The number of hydrogen-bond acceptors (Lipinski definition) is 5. The van der Waals surface area contributed by atoms with Crippen molar-refractivity contribution in [1.29, 1.82) is 0 Å². The van der Waals surface area contributed by atoms with Crippen molar-refractivity contribution in [2.75, 3.05) is 7.05 Å². The molecule has 1 aliphatic rings. The Morgan fingerprint density at radius 1 is 1.19 bits per heavy atom. The largest absolute Gasteiger partial charge is 0.337 e. The van der Waals surface area contributed by atoms with Crippen molar-refractivity contribution in [3.63, 3.8) is 0 Å². The number of nitro groups is 1. The zero-order valence-electron chi connectivity index (χ0n) is 17.1. The van der Waals surface area contributed by atoms with E-state index in [1.807, 2.05) is 0 Å². The summed E-state index contributed by atoms with van der Waals surface area (Å²) in [4.78, 5) is 44.3. The number of nitrogens with zero attached hydrogens (tertiary/aromatic N) is 3. The van der Waals surface area contributed by atoms with Gasteiger partial charge in [0.25, 0.3) is 17.2 Å². The Morgan fingerprint density at radius 3 is 2.74 bits per heavy atom. The molecule has 0 bridgehead atoms. The van der Waals surface area contributed by atoms with Gasteiger partial charge < -0.3 is 9.88 Å². The lowest BCUT2D eigenvalue weighted by Gasteiger charge is -2.20. The van der Waals surface area contributed by atoms with Crippen molar-refractivity contribution in [1.82, 2.24) is 14.9 Å². The van der Waals surface area contributed by atoms with Gasteiger partial charge in [0.1, 0.15) is 0 Å². The molecule has 1 aromatic carbocycles. The van der Waals surface area contributed by atoms with Crippen LogP contribution in [0.4, 0.5) is 5.69 Å². The molecule has 8 heteroatoms. The molecule has 0 saturated carbocycles. The van der Waals surface area contributed by atoms with Gasteiger partial charge in [-0.1, -0.05) is 12.1 Å². The molecule has 0 radical (unpaired) electrons. The van der Waals surface area contributed by atoms with E-state index in [1.165, 1.54) is 23.2 Å². The van der Waals surface area contributed by atoms with Crippen molar-refractivity contribution in [2.24, 2.45) is 0 Å². The number of H-pyrrole nitrogens is 1. The van der Waals surface area contributed by atoms with Gasteiger partial charge in [0.2, 0.25) is 0 Å². The maximum atomic E-state index is 13.0. The molecule has 0 spiro atoms.